The van der Waals surface area contributed by atoms with Crippen molar-refractivity contribution in [3.63, 3.8) is 0 Å². The lowest BCUT2D eigenvalue weighted by Crippen LogP contribution is -2.26. The molecule has 1 N–H and O–H groups in total. The maximum Gasteiger partial charge on any atom is 0.259 e. The Kier molecular flexibility index (Phi) is 4.46. The Hall–Kier alpha value is -1.08. The van der Waals surface area contributed by atoms with Gasteiger partial charge in [-0.25, -0.2) is 0 Å². The zero-order chi connectivity index (χ0) is 14.0. The molecule has 0 saturated heterocycles. The van der Waals surface area contributed by atoms with Crippen molar-refractivity contribution in [2.45, 2.75) is 0 Å². The molecule has 0 aliphatic carbocycles. The van der Waals surface area contributed by atoms with Crippen molar-refractivity contribution in [1.29, 1.82) is 0 Å². The number of hydrogen-bond acceptors (Lipinski definition) is 2. The molecule has 2 aromatic rings. The summed E-state index contributed by atoms with van der Waals surface area (Å²) in [5, 5.41) is 9.46. The number of phenolic OH excluding ortho intramolecular Hbond substituents is 1. The average Bonchev–Trinajstić information content (AvgIpc) is 2.40. The van der Waals surface area contributed by atoms with Crippen molar-refractivity contribution in [3.05, 3.63) is 56.1 Å². The lowest BCUT2D eigenvalue weighted by Gasteiger charge is -2.18. The Morgan fingerprint density at radius 3 is 2.68 bits per heavy atom. The predicted molar refractivity (Wildman–Crippen MR) is 87.7 cm³/mol. The summed E-state index contributed by atoms with van der Waals surface area (Å²) in [7, 11) is 1.68. The number of rotatable bonds is 2. The van der Waals surface area contributed by atoms with E-state index in [4.69, 9.17) is 0 Å². The third-order valence-corrected chi connectivity index (χ3v) is 4.04. The van der Waals surface area contributed by atoms with E-state index in [2.05, 4.69) is 38.5 Å². The number of carbonyl (C=O) groups excluding carboxylic acids is 1. The summed E-state index contributed by atoms with van der Waals surface area (Å²) in [4.78, 5) is 14.0. The van der Waals surface area contributed by atoms with Gasteiger partial charge < -0.3 is 10.0 Å². The van der Waals surface area contributed by atoms with Gasteiger partial charge in [0.05, 0.1) is 5.56 Å². The van der Waals surface area contributed by atoms with Crippen molar-refractivity contribution in [2.75, 3.05) is 11.9 Å². The maximum atomic E-state index is 12.4. The van der Waals surface area contributed by atoms with Crippen LogP contribution < -0.4 is 4.90 Å². The first-order chi connectivity index (χ1) is 8.99. The van der Waals surface area contributed by atoms with Crippen LogP contribution in [0.5, 0.6) is 5.75 Å². The van der Waals surface area contributed by atoms with E-state index in [1.807, 2.05) is 18.2 Å². The molecule has 2 rings (SSSR count). The molecule has 0 atom stereocenters. The highest BCUT2D eigenvalue weighted by Gasteiger charge is 2.16. The van der Waals surface area contributed by atoms with Crippen LogP contribution >= 0.6 is 38.5 Å². The van der Waals surface area contributed by atoms with Crippen LogP contribution in [0.4, 0.5) is 5.69 Å². The van der Waals surface area contributed by atoms with E-state index in [-0.39, 0.29) is 11.7 Å². The van der Waals surface area contributed by atoms with Crippen molar-refractivity contribution in [1.82, 2.24) is 0 Å². The molecule has 0 heterocycles. The number of amides is 1. The summed E-state index contributed by atoms with van der Waals surface area (Å²) in [5.74, 6) is 0.00912. The van der Waals surface area contributed by atoms with E-state index in [1.54, 1.807) is 31.3 Å². The van der Waals surface area contributed by atoms with Gasteiger partial charge in [-0.05, 0) is 68.9 Å². The zero-order valence-corrected chi connectivity index (χ0v) is 13.8. The van der Waals surface area contributed by atoms with Crippen molar-refractivity contribution in [2.24, 2.45) is 0 Å². The minimum Gasteiger partial charge on any atom is -0.508 e. The number of halogens is 2. The highest BCUT2D eigenvalue weighted by Crippen LogP contribution is 2.24. The summed E-state index contributed by atoms with van der Waals surface area (Å²) >= 11 is 5.55. The first kappa shape index (κ1) is 14.3. The number of anilines is 1. The largest absolute Gasteiger partial charge is 0.508 e. The van der Waals surface area contributed by atoms with E-state index < -0.39 is 0 Å². The van der Waals surface area contributed by atoms with Gasteiger partial charge in [-0.2, -0.15) is 0 Å². The molecule has 0 spiro atoms. The van der Waals surface area contributed by atoms with Crippen LogP contribution in [0.25, 0.3) is 0 Å². The molecule has 3 nitrogen and oxygen atoms in total. The molecule has 1 amide bonds. The van der Waals surface area contributed by atoms with Crippen LogP contribution in [0.1, 0.15) is 10.4 Å². The maximum absolute atomic E-state index is 12.4. The normalized spacial score (nSPS) is 10.3. The Bertz CT molecular complexity index is 631. The van der Waals surface area contributed by atoms with Gasteiger partial charge in [0.2, 0.25) is 0 Å². The van der Waals surface area contributed by atoms with E-state index in [1.165, 1.54) is 4.90 Å². The van der Waals surface area contributed by atoms with Crippen LogP contribution in [-0.2, 0) is 0 Å². The van der Waals surface area contributed by atoms with Gasteiger partial charge in [-0.3, -0.25) is 4.79 Å². The number of hydrogen-bond donors (Lipinski definition) is 1. The first-order valence-electron chi connectivity index (χ1n) is 5.51. The van der Waals surface area contributed by atoms with E-state index >= 15 is 0 Å². The molecular weight excluding hydrogens is 421 g/mol. The minimum absolute atomic E-state index is 0.129. The monoisotopic (exact) mass is 431 g/mol. The number of benzene rings is 2. The quantitative estimate of drug-likeness (QED) is 0.729. The minimum atomic E-state index is -0.129. The van der Waals surface area contributed by atoms with Crippen LogP contribution in [0.2, 0.25) is 0 Å². The molecule has 5 heteroatoms. The number of nitrogens with zero attached hydrogens (tertiary/aromatic N) is 1. The van der Waals surface area contributed by atoms with Gasteiger partial charge >= 0.3 is 0 Å². The smallest absolute Gasteiger partial charge is 0.259 e. The Labute approximate surface area is 133 Å². The molecule has 98 valence electrons. The zero-order valence-electron chi connectivity index (χ0n) is 10.1. The molecule has 0 unspecified atom stereocenters. The third-order valence-electron chi connectivity index (χ3n) is 2.68. The SMILES string of the molecule is CN(C(=O)c1cc(I)ccc1Br)c1cccc(O)c1. The van der Waals surface area contributed by atoms with E-state index in [9.17, 15) is 9.90 Å². The molecule has 0 bridgehead atoms. The molecule has 0 radical (unpaired) electrons. The van der Waals surface area contributed by atoms with E-state index in [0.717, 1.165) is 8.04 Å². The van der Waals surface area contributed by atoms with Crippen LogP contribution in [0.3, 0.4) is 0 Å². The topological polar surface area (TPSA) is 40.5 Å². The average molecular weight is 432 g/mol. The highest BCUT2D eigenvalue weighted by molar-refractivity contribution is 14.1. The Morgan fingerprint density at radius 1 is 1.26 bits per heavy atom. The number of carbonyl (C=O) groups is 1. The van der Waals surface area contributed by atoms with Crippen molar-refractivity contribution >= 4 is 50.1 Å². The fourth-order valence-electron chi connectivity index (χ4n) is 1.66. The summed E-state index contributed by atoms with van der Waals surface area (Å²) in [6.45, 7) is 0. The lowest BCUT2D eigenvalue weighted by molar-refractivity contribution is 0.0992. The molecule has 19 heavy (non-hydrogen) atoms. The number of aromatic hydroxyl groups is 1. The lowest BCUT2D eigenvalue weighted by atomic mass is 10.2. The molecule has 0 fully saturated rings. The van der Waals surface area contributed by atoms with Crippen LogP contribution in [-0.4, -0.2) is 18.1 Å². The van der Waals surface area contributed by atoms with Gasteiger partial charge in [0, 0.05) is 26.8 Å². The first-order valence-corrected chi connectivity index (χ1v) is 7.38. The fraction of sp³-hybridized carbons (Fsp3) is 0.0714. The molecule has 0 saturated carbocycles. The standard InChI is InChI=1S/C14H11BrINO2/c1-17(10-3-2-4-11(18)8-10)14(19)12-7-9(16)5-6-13(12)15/h2-8,18H,1H3. The van der Waals surface area contributed by atoms with Gasteiger partial charge in [-0.1, -0.05) is 6.07 Å². The number of phenols is 1. The van der Waals surface area contributed by atoms with Gasteiger partial charge in [-0.15, -0.1) is 0 Å². The Balaban J connectivity index is 2.36. The molecule has 0 aliphatic rings. The second kappa shape index (κ2) is 5.92. The molecule has 0 aromatic heterocycles. The summed E-state index contributed by atoms with van der Waals surface area (Å²) in [5.41, 5.74) is 1.24. The third kappa shape index (κ3) is 3.27. The van der Waals surface area contributed by atoms with Gasteiger partial charge in [0.15, 0.2) is 0 Å². The Morgan fingerprint density at radius 2 is 2.00 bits per heavy atom. The van der Waals surface area contributed by atoms with Crippen molar-refractivity contribution < 1.29 is 9.90 Å². The molecular formula is C14H11BrINO2. The molecule has 0 aliphatic heterocycles. The second-order valence-corrected chi connectivity index (χ2v) is 6.11. The van der Waals surface area contributed by atoms with Crippen molar-refractivity contribution in [3.8, 4) is 5.75 Å². The second-order valence-electron chi connectivity index (χ2n) is 4.01. The molecule has 2 aromatic carbocycles. The predicted octanol–water partition coefficient (Wildman–Crippen LogP) is 4.04. The van der Waals surface area contributed by atoms with E-state index in [0.29, 0.717) is 11.3 Å². The summed E-state index contributed by atoms with van der Waals surface area (Å²) in [6, 6.07) is 12.2. The van der Waals surface area contributed by atoms with Crippen LogP contribution in [0, 0.1) is 3.57 Å². The fourth-order valence-corrected chi connectivity index (χ4v) is 2.57. The van der Waals surface area contributed by atoms with Gasteiger partial charge in [0.25, 0.3) is 5.91 Å². The van der Waals surface area contributed by atoms with Crippen LogP contribution in [0.15, 0.2) is 46.9 Å². The summed E-state index contributed by atoms with van der Waals surface area (Å²) < 4.78 is 1.75. The summed E-state index contributed by atoms with van der Waals surface area (Å²) in [6.07, 6.45) is 0. The van der Waals surface area contributed by atoms with Gasteiger partial charge in [0.1, 0.15) is 5.75 Å². The highest BCUT2D eigenvalue weighted by atomic mass is 127.